The summed E-state index contributed by atoms with van der Waals surface area (Å²) < 4.78 is 5.34. The highest BCUT2D eigenvalue weighted by molar-refractivity contribution is 5.70. The highest BCUT2D eigenvalue weighted by Gasteiger charge is 2.34. The maximum Gasteiger partial charge on any atom is 0.306 e. The second-order valence-corrected chi connectivity index (χ2v) is 5.52. The van der Waals surface area contributed by atoms with E-state index < -0.39 is 5.97 Å². The Labute approximate surface area is 106 Å². The normalized spacial score (nSPS) is 28.9. The number of rotatable bonds is 3. The fourth-order valence-corrected chi connectivity index (χ4v) is 3.19. The smallest absolute Gasteiger partial charge is 0.306 e. The van der Waals surface area contributed by atoms with Gasteiger partial charge in [-0.25, -0.2) is 0 Å². The molecule has 2 saturated carbocycles. The van der Waals surface area contributed by atoms with E-state index in [1.54, 1.807) is 0 Å². The molecule has 1 aromatic rings. The Kier molecular flexibility index (Phi) is 3.06. The molecule has 1 N–H and O–H groups in total. The van der Waals surface area contributed by atoms with Crippen LogP contribution in [0.3, 0.4) is 0 Å². The Morgan fingerprint density at radius 1 is 1.17 bits per heavy atom. The lowest BCUT2D eigenvalue weighted by Crippen LogP contribution is -2.09. The minimum atomic E-state index is -0.701. The zero-order valence-electron chi connectivity index (χ0n) is 10.3. The molecule has 2 fully saturated rings. The van der Waals surface area contributed by atoms with Crippen LogP contribution in [0.4, 0.5) is 0 Å². The summed E-state index contributed by atoms with van der Waals surface area (Å²) in [6.07, 6.45) is 7.02. The molecule has 98 valence electrons. The van der Waals surface area contributed by atoms with Crippen LogP contribution in [0.5, 0.6) is 0 Å². The molecule has 0 bridgehead atoms. The summed E-state index contributed by atoms with van der Waals surface area (Å²) in [5, 5.41) is 13.1. The Hall–Kier alpha value is -1.39. The second kappa shape index (κ2) is 4.71. The highest BCUT2D eigenvalue weighted by atomic mass is 16.5. The van der Waals surface area contributed by atoms with Gasteiger partial charge in [0.15, 0.2) is 5.82 Å². The first-order chi connectivity index (χ1) is 8.74. The van der Waals surface area contributed by atoms with E-state index in [0.717, 1.165) is 31.5 Å². The Morgan fingerprint density at radius 3 is 2.61 bits per heavy atom. The number of hydrogen-bond acceptors (Lipinski definition) is 4. The average Bonchev–Trinajstić information content (AvgIpc) is 3.10. The summed E-state index contributed by atoms with van der Waals surface area (Å²) in [5.74, 6) is 1.15. The molecule has 2 unspecified atom stereocenters. The van der Waals surface area contributed by atoms with Crippen molar-refractivity contribution in [2.45, 2.75) is 56.8 Å². The van der Waals surface area contributed by atoms with E-state index >= 15 is 0 Å². The molecular formula is C13H18N2O3. The first kappa shape index (κ1) is 11.7. The number of carboxylic acids is 1. The molecule has 0 amide bonds. The lowest BCUT2D eigenvalue weighted by atomic mass is 10.0. The fraction of sp³-hybridized carbons (Fsp3) is 0.769. The Bertz CT molecular complexity index is 437. The standard InChI is InChI=1S/C13H18N2O3/c16-13(17)10-6-5-9(7-10)12-14-11(15-18-12)8-3-1-2-4-8/h8-10H,1-7H2,(H,16,17). The van der Waals surface area contributed by atoms with Crippen LogP contribution in [-0.4, -0.2) is 21.2 Å². The molecule has 18 heavy (non-hydrogen) atoms. The Balaban J connectivity index is 1.68. The number of aromatic nitrogens is 2. The SMILES string of the molecule is O=C(O)C1CCC(c2nc(C3CCCC3)no2)C1. The van der Waals surface area contributed by atoms with Crippen LogP contribution in [0, 0.1) is 5.92 Å². The first-order valence-electron chi connectivity index (χ1n) is 6.80. The van der Waals surface area contributed by atoms with Crippen molar-refractivity contribution in [1.29, 1.82) is 0 Å². The van der Waals surface area contributed by atoms with Gasteiger partial charge in [0, 0.05) is 11.8 Å². The predicted molar refractivity (Wildman–Crippen MR) is 63.2 cm³/mol. The van der Waals surface area contributed by atoms with E-state index in [4.69, 9.17) is 9.63 Å². The Morgan fingerprint density at radius 2 is 1.94 bits per heavy atom. The molecule has 2 aliphatic carbocycles. The van der Waals surface area contributed by atoms with Crippen molar-refractivity contribution in [3.05, 3.63) is 11.7 Å². The number of carboxylic acid groups (broad SMARTS) is 1. The zero-order valence-corrected chi connectivity index (χ0v) is 10.3. The second-order valence-electron chi connectivity index (χ2n) is 5.52. The predicted octanol–water partition coefficient (Wildman–Crippen LogP) is 2.70. The summed E-state index contributed by atoms with van der Waals surface area (Å²) >= 11 is 0. The summed E-state index contributed by atoms with van der Waals surface area (Å²) in [5.41, 5.74) is 0. The maximum absolute atomic E-state index is 10.9. The highest BCUT2D eigenvalue weighted by Crippen LogP contribution is 2.39. The van der Waals surface area contributed by atoms with Crippen LogP contribution in [0.2, 0.25) is 0 Å². The van der Waals surface area contributed by atoms with Crippen LogP contribution in [0.25, 0.3) is 0 Å². The van der Waals surface area contributed by atoms with Gasteiger partial charge in [-0.3, -0.25) is 4.79 Å². The van der Waals surface area contributed by atoms with E-state index in [1.807, 2.05) is 0 Å². The summed E-state index contributed by atoms with van der Waals surface area (Å²) in [7, 11) is 0. The molecule has 1 heterocycles. The lowest BCUT2D eigenvalue weighted by molar-refractivity contribution is -0.141. The van der Waals surface area contributed by atoms with E-state index in [9.17, 15) is 4.79 Å². The summed E-state index contributed by atoms with van der Waals surface area (Å²) in [6, 6.07) is 0. The molecule has 1 aromatic heterocycles. The largest absolute Gasteiger partial charge is 0.481 e. The minimum absolute atomic E-state index is 0.147. The third-order valence-electron chi connectivity index (χ3n) is 4.31. The van der Waals surface area contributed by atoms with Crippen LogP contribution >= 0.6 is 0 Å². The molecule has 5 nitrogen and oxygen atoms in total. The molecular weight excluding hydrogens is 232 g/mol. The van der Waals surface area contributed by atoms with E-state index in [-0.39, 0.29) is 11.8 Å². The van der Waals surface area contributed by atoms with Crippen molar-refractivity contribution in [2.75, 3.05) is 0 Å². The molecule has 0 radical (unpaired) electrons. The topological polar surface area (TPSA) is 76.2 Å². The summed E-state index contributed by atoms with van der Waals surface area (Å²) in [6.45, 7) is 0. The molecule has 0 saturated heterocycles. The van der Waals surface area contributed by atoms with Crippen molar-refractivity contribution < 1.29 is 14.4 Å². The van der Waals surface area contributed by atoms with Gasteiger partial charge in [0.1, 0.15) is 0 Å². The van der Waals surface area contributed by atoms with Crippen molar-refractivity contribution >= 4 is 5.97 Å². The van der Waals surface area contributed by atoms with Gasteiger partial charge < -0.3 is 9.63 Å². The summed E-state index contributed by atoms with van der Waals surface area (Å²) in [4.78, 5) is 15.4. The van der Waals surface area contributed by atoms with Gasteiger partial charge in [-0.05, 0) is 32.1 Å². The average molecular weight is 250 g/mol. The molecule has 5 heteroatoms. The van der Waals surface area contributed by atoms with E-state index in [1.165, 1.54) is 12.8 Å². The lowest BCUT2D eigenvalue weighted by Gasteiger charge is -2.03. The van der Waals surface area contributed by atoms with Gasteiger partial charge >= 0.3 is 5.97 Å². The van der Waals surface area contributed by atoms with Crippen LogP contribution in [0.15, 0.2) is 4.52 Å². The van der Waals surface area contributed by atoms with E-state index in [0.29, 0.717) is 18.2 Å². The molecule has 0 spiro atoms. The fourth-order valence-electron chi connectivity index (χ4n) is 3.19. The maximum atomic E-state index is 10.9. The van der Waals surface area contributed by atoms with Crippen LogP contribution in [-0.2, 0) is 4.79 Å². The van der Waals surface area contributed by atoms with Crippen molar-refractivity contribution in [1.82, 2.24) is 10.1 Å². The molecule has 0 aliphatic heterocycles. The third kappa shape index (κ3) is 2.13. The van der Waals surface area contributed by atoms with E-state index in [2.05, 4.69) is 10.1 Å². The molecule has 2 atom stereocenters. The number of hydrogen-bond donors (Lipinski definition) is 1. The monoisotopic (exact) mass is 250 g/mol. The van der Waals surface area contributed by atoms with Crippen molar-refractivity contribution in [2.24, 2.45) is 5.92 Å². The number of carbonyl (C=O) groups is 1. The third-order valence-corrected chi connectivity index (χ3v) is 4.31. The first-order valence-corrected chi connectivity index (χ1v) is 6.80. The van der Waals surface area contributed by atoms with Gasteiger partial charge in [0.05, 0.1) is 5.92 Å². The van der Waals surface area contributed by atoms with Crippen LogP contribution in [0.1, 0.15) is 68.5 Å². The van der Waals surface area contributed by atoms with Gasteiger partial charge in [0.25, 0.3) is 0 Å². The van der Waals surface area contributed by atoms with Gasteiger partial charge in [-0.2, -0.15) is 4.98 Å². The molecule has 3 rings (SSSR count). The van der Waals surface area contributed by atoms with Gasteiger partial charge in [-0.1, -0.05) is 18.0 Å². The number of nitrogens with zero attached hydrogens (tertiary/aromatic N) is 2. The van der Waals surface area contributed by atoms with Gasteiger partial charge in [-0.15, -0.1) is 0 Å². The van der Waals surface area contributed by atoms with Crippen LogP contribution < -0.4 is 0 Å². The molecule has 2 aliphatic rings. The van der Waals surface area contributed by atoms with Gasteiger partial charge in [0.2, 0.25) is 5.89 Å². The van der Waals surface area contributed by atoms with Crippen molar-refractivity contribution in [3.8, 4) is 0 Å². The number of aliphatic carboxylic acids is 1. The minimum Gasteiger partial charge on any atom is -0.481 e. The molecule has 0 aromatic carbocycles. The zero-order chi connectivity index (χ0) is 12.5. The van der Waals surface area contributed by atoms with Crippen molar-refractivity contribution in [3.63, 3.8) is 0 Å². The quantitative estimate of drug-likeness (QED) is 0.892.